The summed E-state index contributed by atoms with van der Waals surface area (Å²) in [7, 11) is 0. The minimum Gasteiger partial charge on any atom is -0.341 e. The summed E-state index contributed by atoms with van der Waals surface area (Å²) in [6.07, 6.45) is 0. The summed E-state index contributed by atoms with van der Waals surface area (Å²) >= 11 is 1.33. The Balaban J connectivity index is 2.90. The van der Waals surface area contributed by atoms with Crippen LogP contribution in [-0.4, -0.2) is 45.4 Å². The predicted molar refractivity (Wildman–Crippen MR) is 98.5 cm³/mol. The molecular formula is C18H29N3O2S. The fraction of sp³-hybridized carbons (Fsp3) is 0.667. The number of ketones is 1. The van der Waals surface area contributed by atoms with Crippen LogP contribution >= 0.6 is 11.8 Å². The number of nitrogens with zero attached hydrogens (tertiary/aromatic N) is 3. The van der Waals surface area contributed by atoms with Crippen LogP contribution in [-0.2, 0) is 4.79 Å². The van der Waals surface area contributed by atoms with Crippen LogP contribution in [0.25, 0.3) is 0 Å². The summed E-state index contributed by atoms with van der Waals surface area (Å²) in [6, 6.07) is 0. The minimum absolute atomic E-state index is 0.0661. The molecule has 0 saturated heterocycles. The first-order chi connectivity index (χ1) is 11.1. The summed E-state index contributed by atoms with van der Waals surface area (Å²) in [5.41, 5.74) is 1.20. The lowest BCUT2D eigenvalue weighted by atomic mass is 10.1. The van der Waals surface area contributed by atoms with E-state index in [1.165, 1.54) is 18.7 Å². The summed E-state index contributed by atoms with van der Waals surface area (Å²) in [4.78, 5) is 35.0. The van der Waals surface area contributed by atoms with Crippen LogP contribution in [0.2, 0.25) is 0 Å². The van der Waals surface area contributed by atoms with Crippen LogP contribution in [0.1, 0.15) is 56.5 Å². The van der Waals surface area contributed by atoms with Gasteiger partial charge in [-0.2, -0.15) is 0 Å². The van der Waals surface area contributed by atoms with Gasteiger partial charge in [-0.15, -0.1) is 0 Å². The molecule has 0 unspecified atom stereocenters. The predicted octanol–water partition coefficient (Wildman–Crippen LogP) is 3.53. The molecule has 134 valence electrons. The van der Waals surface area contributed by atoms with Gasteiger partial charge in [0.15, 0.2) is 5.78 Å². The summed E-state index contributed by atoms with van der Waals surface area (Å²) in [5.74, 6) is 1.78. The van der Waals surface area contributed by atoms with Gasteiger partial charge >= 0.3 is 0 Å². The van der Waals surface area contributed by atoms with Gasteiger partial charge < -0.3 is 4.90 Å². The van der Waals surface area contributed by atoms with Crippen molar-refractivity contribution in [3.63, 3.8) is 0 Å². The molecule has 0 radical (unpaired) electrons. The van der Waals surface area contributed by atoms with E-state index in [4.69, 9.17) is 0 Å². The number of hydrogen-bond acceptors (Lipinski definition) is 5. The van der Waals surface area contributed by atoms with Crippen molar-refractivity contribution in [1.82, 2.24) is 14.9 Å². The van der Waals surface area contributed by atoms with E-state index in [2.05, 4.69) is 37.7 Å². The number of carbonyl (C=O) groups excluding carboxylic acids is 2. The van der Waals surface area contributed by atoms with E-state index < -0.39 is 0 Å². The smallest absolute Gasteiger partial charge is 0.233 e. The fourth-order valence-corrected chi connectivity index (χ4v) is 3.65. The number of hydrogen-bond donors (Lipinski definition) is 0. The van der Waals surface area contributed by atoms with Crippen molar-refractivity contribution in [3.8, 4) is 0 Å². The van der Waals surface area contributed by atoms with Gasteiger partial charge in [-0.1, -0.05) is 39.5 Å². The zero-order valence-corrected chi connectivity index (χ0v) is 16.7. The standard InChI is InChI=1S/C18H29N3O2S/c1-11(2)8-21(9-12(3)4)16(23)10-24-18-17(14(6)22)13(5)19-15(7)20-18/h11-12H,8-10H2,1-7H3. The molecule has 0 saturated carbocycles. The van der Waals surface area contributed by atoms with Gasteiger partial charge in [-0.05, 0) is 32.6 Å². The van der Waals surface area contributed by atoms with Crippen LogP contribution in [0.15, 0.2) is 5.03 Å². The number of aromatic nitrogens is 2. The van der Waals surface area contributed by atoms with Crippen molar-refractivity contribution in [2.24, 2.45) is 11.8 Å². The molecule has 1 heterocycles. The zero-order valence-electron chi connectivity index (χ0n) is 15.8. The topological polar surface area (TPSA) is 63.2 Å². The third-order valence-electron chi connectivity index (χ3n) is 3.38. The van der Waals surface area contributed by atoms with Gasteiger partial charge in [0.2, 0.25) is 5.91 Å². The summed E-state index contributed by atoms with van der Waals surface area (Å²) in [5, 5.41) is 0.606. The van der Waals surface area contributed by atoms with E-state index in [0.717, 1.165) is 13.1 Å². The van der Waals surface area contributed by atoms with Gasteiger partial charge in [0.1, 0.15) is 10.9 Å². The average Bonchev–Trinajstić information content (AvgIpc) is 2.41. The molecule has 24 heavy (non-hydrogen) atoms. The molecule has 0 aliphatic heterocycles. The molecule has 0 spiro atoms. The number of aryl methyl sites for hydroxylation is 2. The highest BCUT2D eigenvalue weighted by Crippen LogP contribution is 2.24. The van der Waals surface area contributed by atoms with E-state index in [-0.39, 0.29) is 17.4 Å². The summed E-state index contributed by atoms with van der Waals surface area (Å²) < 4.78 is 0. The third-order valence-corrected chi connectivity index (χ3v) is 4.34. The molecule has 1 rings (SSSR count). The zero-order chi connectivity index (χ0) is 18.4. The quantitative estimate of drug-likeness (QED) is 0.407. The number of carbonyl (C=O) groups is 2. The summed E-state index contributed by atoms with van der Waals surface area (Å²) in [6.45, 7) is 15.1. The van der Waals surface area contributed by atoms with E-state index in [1.54, 1.807) is 13.8 Å². The number of amides is 1. The fourth-order valence-electron chi connectivity index (χ4n) is 2.57. The average molecular weight is 352 g/mol. The van der Waals surface area contributed by atoms with Crippen LogP contribution in [0, 0.1) is 25.7 Å². The molecule has 6 heteroatoms. The Hall–Kier alpha value is -1.43. The first kappa shape index (κ1) is 20.6. The lowest BCUT2D eigenvalue weighted by molar-refractivity contribution is -0.129. The Bertz CT molecular complexity index is 590. The van der Waals surface area contributed by atoms with Crippen molar-refractivity contribution < 1.29 is 9.59 Å². The van der Waals surface area contributed by atoms with Crippen molar-refractivity contribution in [1.29, 1.82) is 0 Å². The lowest BCUT2D eigenvalue weighted by Gasteiger charge is -2.26. The maximum atomic E-state index is 12.6. The highest BCUT2D eigenvalue weighted by molar-refractivity contribution is 8.00. The van der Waals surface area contributed by atoms with Crippen molar-refractivity contribution in [2.45, 2.75) is 53.5 Å². The lowest BCUT2D eigenvalue weighted by Crippen LogP contribution is -2.38. The SMILES string of the molecule is CC(=O)c1c(C)nc(C)nc1SCC(=O)N(CC(C)C)CC(C)C. The van der Waals surface area contributed by atoms with E-state index in [1.807, 2.05) is 4.90 Å². The Kier molecular flexibility index (Phi) is 7.87. The van der Waals surface area contributed by atoms with Gasteiger partial charge in [-0.3, -0.25) is 9.59 Å². The number of thioether (sulfide) groups is 1. The van der Waals surface area contributed by atoms with Gasteiger partial charge in [0.25, 0.3) is 0 Å². The van der Waals surface area contributed by atoms with E-state index in [9.17, 15) is 9.59 Å². The highest BCUT2D eigenvalue weighted by atomic mass is 32.2. The van der Waals surface area contributed by atoms with E-state index >= 15 is 0 Å². The van der Waals surface area contributed by atoms with Crippen molar-refractivity contribution in [3.05, 3.63) is 17.1 Å². The Morgan fingerprint density at radius 2 is 1.58 bits per heavy atom. The number of Topliss-reactive ketones (excluding diaryl/α,β-unsaturated/α-hetero) is 1. The largest absolute Gasteiger partial charge is 0.341 e. The molecule has 0 fully saturated rings. The molecule has 0 bridgehead atoms. The second-order valence-electron chi connectivity index (χ2n) is 6.97. The molecule has 1 amide bonds. The molecule has 0 aliphatic rings. The molecule has 5 nitrogen and oxygen atoms in total. The van der Waals surface area contributed by atoms with Crippen LogP contribution in [0.3, 0.4) is 0 Å². The number of rotatable bonds is 8. The second-order valence-corrected chi connectivity index (χ2v) is 7.93. The van der Waals surface area contributed by atoms with E-state index in [0.29, 0.717) is 33.9 Å². The molecule has 0 aromatic carbocycles. The Morgan fingerprint density at radius 1 is 1.04 bits per heavy atom. The maximum absolute atomic E-state index is 12.6. The van der Waals surface area contributed by atoms with Crippen LogP contribution in [0.4, 0.5) is 0 Å². The molecule has 0 aliphatic carbocycles. The molecule has 1 aromatic heterocycles. The normalized spacial score (nSPS) is 11.2. The molecule has 0 atom stereocenters. The van der Waals surface area contributed by atoms with Crippen molar-refractivity contribution in [2.75, 3.05) is 18.8 Å². The first-order valence-corrected chi connectivity index (χ1v) is 9.37. The Labute approximate surface area is 149 Å². The second kappa shape index (κ2) is 9.16. The first-order valence-electron chi connectivity index (χ1n) is 8.38. The van der Waals surface area contributed by atoms with Gasteiger partial charge in [-0.25, -0.2) is 9.97 Å². The van der Waals surface area contributed by atoms with Crippen LogP contribution in [0.5, 0.6) is 0 Å². The van der Waals surface area contributed by atoms with Crippen LogP contribution < -0.4 is 0 Å². The Morgan fingerprint density at radius 3 is 2.04 bits per heavy atom. The molecule has 0 N–H and O–H groups in total. The van der Waals surface area contributed by atoms with Gasteiger partial charge in [0, 0.05) is 13.1 Å². The van der Waals surface area contributed by atoms with Gasteiger partial charge in [0.05, 0.1) is 17.0 Å². The maximum Gasteiger partial charge on any atom is 0.233 e. The molecule has 1 aromatic rings. The third kappa shape index (κ3) is 6.23. The highest BCUT2D eigenvalue weighted by Gasteiger charge is 2.20. The molecular weight excluding hydrogens is 322 g/mol. The van der Waals surface area contributed by atoms with Crippen molar-refractivity contribution >= 4 is 23.5 Å². The monoisotopic (exact) mass is 351 g/mol. The minimum atomic E-state index is -0.0661.